The molecule has 0 unspecified atom stereocenters. The zero-order chi connectivity index (χ0) is 19.0. The fourth-order valence-corrected chi connectivity index (χ4v) is 3.50. The van der Waals surface area contributed by atoms with E-state index in [1.807, 2.05) is 35.9 Å². The number of ether oxygens (including phenoxy) is 2. The van der Waals surface area contributed by atoms with Crippen LogP contribution in [0.25, 0.3) is 16.7 Å². The van der Waals surface area contributed by atoms with Gasteiger partial charge < -0.3 is 19.4 Å². The second-order valence-electron chi connectivity index (χ2n) is 6.88. The molecule has 1 fully saturated rings. The summed E-state index contributed by atoms with van der Waals surface area (Å²) in [4.78, 5) is 20.5. The van der Waals surface area contributed by atoms with Gasteiger partial charge in [-0.25, -0.2) is 9.97 Å². The van der Waals surface area contributed by atoms with Crippen molar-refractivity contribution in [3.05, 3.63) is 47.9 Å². The number of aryl methyl sites for hydroxylation is 1. The number of pyridine rings is 2. The lowest BCUT2D eigenvalue weighted by molar-refractivity contribution is -0.114. The van der Waals surface area contributed by atoms with E-state index >= 15 is 0 Å². The highest BCUT2D eigenvalue weighted by Crippen LogP contribution is 2.34. The van der Waals surface area contributed by atoms with Crippen molar-refractivity contribution in [1.29, 1.82) is 0 Å². The second-order valence-corrected chi connectivity index (χ2v) is 6.88. The number of nitrogens with one attached hydrogen (secondary N) is 1. The Morgan fingerprint density at radius 1 is 1.37 bits per heavy atom. The maximum absolute atomic E-state index is 11.4. The van der Waals surface area contributed by atoms with E-state index in [9.17, 15) is 4.79 Å². The molecule has 140 valence electrons. The first-order valence-electron chi connectivity index (χ1n) is 8.88. The van der Waals surface area contributed by atoms with Crippen molar-refractivity contribution < 1.29 is 14.3 Å². The first-order valence-corrected chi connectivity index (χ1v) is 8.88. The van der Waals surface area contributed by atoms with Crippen LogP contribution in [0, 0.1) is 6.92 Å². The van der Waals surface area contributed by atoms with Gasteiger partial charge >= 0.3 is 0 Å². The number of hydrogen-bond acceptors (Lipinski definition) is 5. The van der Waals surface area contributed by atoms with Crippen molar-refractivity contribution in [2.24, 2.45) is 0 Å². The molecule has 0 aliphatic carbocycles. The molecule has 1 atom stereocenters. The van der Waals surface area contributed by atoms with E-state index in [0.717, 1.165) is 34.4 Å². The molecule has 27 heavy (non-hydrogen) atoms. The zero-order valence-electron chi connectivity index (χ0n) is 15.7. The van der Waals surface area contributed by atoms with Crippen molar-refractivity contribution in [3.63, 3.8) is 0 Å². The Balaban J connectivity index is 1.82. The van der Waals surface area contributed by atoms with Gasteiger partial charge in [-0.3, -0.25) is 4.79 Å². The summed E-state index contributed by atoms with van der Waals surface area (Å²) in [5.41, 5.74) is 2.38. The maximum Gasteiger partial charge on any atom is 0.222 e. The van der Waals surface area contributed by atoms with E-state index in [0.29, 0.717) is 19.0 Å². The number of methoxy groups -OCH3 is 1. The lowest BCUT2D eigenvalue weighted by atomic mass is 9.97. The summed E-state index contributed by atoms with van der Waals surface area (Å²) in [6, 6.07) is 7.91. The first-order chi connectivity index (χ1) is 13.0. The molecule has 7 nitrogen and oxygen atoms in total. The third-order valence-electron chi connectivity index (χ3n) is 4.92. The molecule has 3 aromatic rings. The standard InChI is InChI=1S/C20H22N4O3/c1-13-8-17(20(26-3)5-7-27-12-20)23-19(9-13)24-6-4-15-11-21-18(10-16(15)24)22-14(2)25/h4,6,8-11H,5,7,12H2,1-3H3,(H,21,22,25)/t20-/m0/s1. The second kappa shape index (κ2) is 6.75. The van der Waals surface area contributed by atoms with Gasteiger partial charge in [0.15, 0.2) is 0 Å². The van der Waals surface area contributed by atoms with E-state index in [1.54, 1.807) is 13.3 Å². The van der Waals surface area contributed by atoms with Gasteiger partial charge in [-0.15, -0.1) is 0 Å². The Kier molecular flexibility index (Phi) is 4.41. The highest BCUT2D eigenvalue weighted by atomic mass is 16.5. The normalized spacial score (nSPS) is 19.5. The number of nitrogens with zero attached hydrogens (tertiary/aromatic N) is 3. The molecule has 1 N–H and O–H groups in total. The number of carbonyl (C=O) groups is 1. The van der Waals surface area contributed by atoms with Crippen LogP contribution in [0.2, 0.25) is 0 Å². The van der Waals surface area contributed by atoms with E-state index in [4.69, 9.17) is 14.5 Å². The zero-order valence-corrected chi connectivity index (χ0v) is 15.7. The summed E-state index contributed by atoms with van der Waals surface area (Å²) in [7, 11) is 1.70. The van der Waals surface area contributed by atoms with Gasteiger partial charge in [-0.2, -0.15) is 0 Å². The molecule has 3 aromatic heterocycles. The van der Waals surface area contributed by atoms with Crippen molar-refractivity contribution in [3.8, 4) is 5.82 Å². The monoisotopic (exact) mass is 366 g/mol. The van der Waals surface area contributed by atoms with Crippen LogP contribution in [0.1, 0.15) is 24.6 Å². The van der Waals surface area contributed by atoms with Gasteiger partial charge in [0, 0.05) is 50.9 Å². The summed E-state index contributed by atoms with van der Waals surface area (Å²) in [5, 5.41) is 3.70. The van der Waals surface area contributed by atoms with E-state index < -0.39 is 5.60 Å². The first kappa shape index (κ1) is 17.6. The van der Waals surface area contributed by atoms with E-state index in [2.05, 4.69) is 16.4 Å². The number of fused-ring (bicyclic) bond motifs is 1. The largest absolute Gasteiger partial charge is 0.378 e. The Labute approximate surface area is 157 Å². The fraction of sp³-hybridized carbons (Fsp3) is 0.350. The Bertz CT molecular complexity index is 1010. The number of aromatic nitrogens is 3. The molecule has 1 amide bonds. The van der Waals surface area contributed by atoms with E-state index in [1.165, 1.54) is 6.92 Å². The van der Waals surface area contributed by atoms with Gasteiger partial charge in [-0.1, -0.05) is 0 Å². The van der Waals surface area contributed by atoms with Crippen LogP contribution >= 0.6 is 0 Å². The lowest BCUT2D eigenvalue weighted by Crippen LogP contribution is -2.30. The third-order valence-corrected chi connectivity index (χ3v) is 4.92. The lowest BCUT2D eigenvalue weighted by Gasteiger charge is -2.26. The highest BCUT2D eigenvalue weighted by molar-refractivity contribution is 5.91. The minimum atomic E-state index is -0.507. The Hall–Kier alpha value is -2.77. The number of hydrogen-bond donors (Lipinski definition) is 1. The van der Waals surface area contributed by atoms with Crippen molar-refractivity contribution in [2.45, 2.75) is 25.9 Å². The molecule has 4 heterocycles. The topological polar surface area (TPSA) is 78.3 Å². The van der Waals surface area contributed by atoms with E-state index in [-0.39, 0.29) is 5.91 Å². The van der Waals surface area contributed by atoms with Crippen molar-refractivity contribution in [2.75, 3.05) is 25.6 Å². The average Bonchev–Trinajstić information content (AvgIpc) is 3.28. The van der Waals surface area contributed by atoms with Crippen LogP contribution in [0.4, 0.5) is 5.82 Å². The molecule has 0 radical (unpaired) electrons. The van der Waals surface area contributed by atoms with Crippen LogP contribution in [-0.4, -0.2) is 40.8 Å². The minimum absolute atomic E-state index is 0.154. The summed E-state index contributed by atoms with van der Waals surface area (Å²) in [6.45, 7) is 4.68. The molecular weight excluding hydrogens is 344 g/mol. The number of carbonyl (C=O) groups excluding carboxylic acids is 1. The van der Waals surface area contributed by atoms with Gasteiger partial charge in [0.05, 0.1) is 17.8 Å². The van der Waals surface area contributed by atoms with Crippen LogP contribution < -0.4 is 5.32 Å². The molecule has 0 spiro atoms. The minimum Gasteiger partial charge on any atom is -0.378 e. The molecule has 0 saturated carbocycles. The molecule has 1 saturated heterocycles. The van der Waals surface area contributed by atoms with Crippen LogP contribution in [0.5, 0.6) is 0 Å². The SMILES string of the molecule is CO[C@@]1(c2cc(C)cc(-n3ccc4cnc(NC(C)=O)cc43)n2)CCOC1. The fourth-order valence-electron chi connectivity index (χ4n) is 3.50. The van der Waals surface area contributed by atoms with Gasteiger partial charge in [0.25, 0.3) is 0 Å². The predicted octanol–water partition coefficient (Wildman–Crippen LogP) is 2.95. The van der Waals surface area contributed by atoms with Crippen LogP contribution in [-0.2, 0) is 19.9 Å². The molecule has 1 aliphatic rings. The summed E-state index contributed by atoms with van der Waals surface area (Å²) < 4.78 is 13.4. The molecule has 1 aliphatic heterocycles. The Morgan fingerprint density at radius 2 is 2.22 bits per heavy atom. The summed E-state index contributed by atoms with van der Waals surface area (Å²) >= 11 is 0. The summed E-state index contributed by atoms with van der Waals surface area (Å²) in [5.74, 6) is 1.16. The van der Waals surface area contributed by atoms with Crippen LogP contribution in [0.15, 0.2) is 36.7 Å². The van der Waals surface area contributed by atoms with Gasteiger partial charge in [0.1, 0.15) is 17.2 Å². The number of amides is 1. The number of anilines is 1. The highest BCUT2D eigenvalue weighted by Gasteiger charge is 2.38. The number of rotatable bonds is 4. The quantitative estimate of drug-likeness (QED) is 0.768. The third kappa shape index (κ3) is 3.20. The molecule has 4 rings (SSSR count). The van der Waals surface area contributed by atoms with Crippen LogP contribution in [0.3, 0.4) is 0 Å². The molecule has 7 heteroatoms. The smallest absolute Gasteiger partial charge is 0.222 e. The van der Waals surface area contributed by atoms with Crippen molar-refractivity contribution in [1.82, 2.24) is 14.5 Å². The van der Waals surface area contributed by atoms with Crippen molar-refractivity contribution >= 4 is 22.6 Å². The molecule has 0 aromatic carbocycles. The maximum atomic E-state index is 11.4. The van der Waals surface area contributed by atoms with Gasteiger partial charge in [0.2, 0.25) is 5.91 Å². The molecular formula is C20H22N4O3. The molecule has 0 bridgehead atoms. The average molecular weight is 366 g/mol. The Morgan fingerprint density at radius 3 is 2.93 bits per heavy atom. The summed E-state index contributed by atoms with van der Waals surface area (Å²) in [6.07, 6.45) is 4.48. The van der Waals surface area contributed by atoms with Gasteiger partial charge in [-0.05, 0) is 30.7 Å². The predicted molar refractivity (Wildman–Crippen MR) is 102 cm³/mol.